The summed E-state index contributed by atoms with van der Waals surface area (Å²) in [6.07, 6.45) is 1.15. The van der Waals surface area contributed by atoms with Crippen molar-refractivity contribution < 1.29 is 13.2 Å². The number of aromatic nitrogens is 2. The second-order valence-electron chi connectivity index (χ2n) is 5.52. The van der Waals surface area contributed by atoms with Crippen molar-refractivity contribution in [2.45, 2.75) is 12.3 Å². The molecule has 0 spiro atoms. The maximum atomic E-state index is 14.7. The average molecular weight is 420 g/mol. The molecule has 1 aliphatic heterocycles. The molecule has 1 aliphatic rings. The third kappa shape index (κ3) is 2.76. The predicted molar refractivity (Wildman–Crippen MR) is 89.4 cm³/mol. The van der Waals surface area contributed by atoms with E-state index in [9.17, 15) is 13.2 Å². The lowest BCUT2D eigenvalue weighted by Gasteiger charge is -2.22. The van der Waals surface area contributed by atoms with Crippen molar-refractivity contribution in [3.63, 3.8) is 0 Å². The first kappa shape index (κ1) is 17.1. The third-order valence-electron chi connectivity index (χ3n) is 3.93. The van der Waals surface area contributed by atoms with E-state index >= 15 is 0 Å². The molecule has 24 heavy (non-hydrogen) atoms. The number of alkyl halides is 2. The standard InChI is InChI=1S/C15H11BrClF3N4/c1-21-13-10(24-4-3-15(19,20)7-24)5-9(17)12(18)11(13)14-8(16)6-22-23(14)2/h5-6H,3-4,7H2,2H3. The molecule has 1 saturated heterocycles. The smallest absolute Gasteiger partial charge is 0.266 e. The van der Waals surface area contributed by atoms with Crippen molar-refractivity contribution in [2.24, 2.45) is 7.05 Å². The highest BCUT2D eigenvalue weighted by Crippen LogP contribution is 2.47. The summed E-state index contributed by atoms with van der Waals surface area (Å²) in [5.41, 5.74) is 0.429. The van der Waals surface area contributed by atoms with Gasteiger partial charge in [0.05, 0.1) is 34.5 Å². The summed E-state index contributed by atoms with van der Waals surface area (Å²) in [6.45, 7) is 7.00. The molecule has 0 bridgehead atoms. The molecule has 0 aliphatic carbocycles. The molecule has 4 nitrogen and oxygen atoms in total. The van der Waals surface area contributed by atoms with Crippen LogP contribution in [0.15, 0.2) is 16.7 Å². The Labute approximate surface area is 149 Å². The molecule has 2 heterocycles. The van der Waals surface area contributed by atoms with Gasteiger partial charge in [0.2, 0.25) is 5.69 Å². The lowest BCUT2D eigenvalue weighted by molar-refractivity contribution is 0.0257. The summed E-state index contributed by atoms with van der Waals surface area (Å²) in [4.78, 5) is 4.77. The second-order valence-corrected chi connectivity index (χ2v) is 6.78. The molecule has 9 heteroatoms. The quantitative estimate of drug-likeness (QED) is 0.637. The van der Waals surface area contributed by atoms with Gasteiger partial charge >= 0.3 is 0 Å². The van der Waals surface area contributed by atoms with Crippen molar-refractivity contribution >= 4 is 38.9 Å². The molecule has 1 aromatic carbocycles. The summed E-state index contributed by atoms with van der Waals surface area (Å²) in [7, 11) is 1.60. The van der Waals surface area contributed by atoms with Gasteiger partial charge in [0, 0.05) is 31.3 Å². The van der Waals surface area contributed by atoms with Gasteiger partial charge in [-0.3, -0.25) is 4.68 Å². The summed E-state index contributed by atoms with van der Waals surface area (Å²) < 4.78 is 43.7. The van der Waals surface area contributed by atoms with Crippen LogP contribution in [0.1, 0.15) is 6.42 Å². The van der Waals surface area contributed by atoms with Crippen LogP contribution in [0.3, 0.4) is 0 Å². The summed E-state index contributed by atoms with van der Waals surface area (Å²) in [5, 5.41) is 3.79. The highest BCUT2D eigenvalue weighted by Gasteiger charge is 2.39. The van der Waals surface area contributed by atoms with Crippen molar-refractivity contribution in [1.29, 1.82) is 0 Å². The minimum absolute atomic E-state index is 0.0467. The van der Waals surface area contributed by atoms with E-state index in [2.05, 4.69) is 25.9 Å². The number of hydrogen-bond donors (Lipinski definition) is 0. The van der Waals surface area contributed by atoms with Gasteiger partial charge in [0.15, 0.2) is 0 Å². The number of nitrogens with zero attached hydrogens (tertiary/aromatic N) is 4. The van der Waals surface area contributed by atoms with Crippen LogP contribution >= 0.6 is 27.5 Å². The summed E-state index contributed by atoms with van der Waals surface area (Å²) >= 11 is 9.25. The van der Waals surface area contributed by atoms with E-state index in [1.165, 1.54) is 21.8 Å². The third-order valence-corrected chi connectivity index (χ3v) is 4.78. The summed E-state index contributed by atoms with van der Waals surface area (Å²) in [6, 6.07) is 1.24. The molecule has 0 amide bonds. The highest BCUT2D eigenvalue weighted by molar-refractivity contribution is 9.10. The normalized spacial score (nSPS) is 16.5. The monoisotopic (exact) mass is 418 g/mol. The average Bonchev–Trinajstić information content (AvgIpc) is 3.04. The Hall–Kier alpha value is -1.72. The van der Waals surface area contributed by atoms with Crippen molar-refractivity contribution in [1.82, 2.24) is 9.78 Å². The Kier molecular flexibility index (Phi) is 4.26. The van der Waals surface area contributed by atoms with E-state index in [1.54, 1.807) is 7.05 Å². The van der Waals surface area contributed by atoms with E-state index in [4.69, 9.17) is 18.2 Å². The van der Waals surface area contributed by atoms with Gasteiger partial charge in [-0.1, -0.05) is 11.6 Å². The molecule has 3 rings (SSSR count). The van der Waals surface area contributed by atoms with Gasteiger partial charge in [0.25, 0.3) is 5.92 Å². The van der Waals surface area contributed by atoms with E-state index in [0.717, 1.165) is 0 Å². The van der Waals surface area contributed by atoms with Crippen molar-refractivity contribution in [3.05, 3.63) is 39.0 Å². The maximum Gasteiger partial charge on any atom is 0.266 e. The number of benzene rings is 1. The number of halogens is 5. The Balaban J connectivity index is 2.26. The molecule has 2 aromatic rings. The Morgan fingerprint density at radius 3 is 2.67 bits per heavy atom. The number of rotatable bonds is 2. The van der Waals surface area contributed by atoms with Crippen LogP contribution in [-0.2, 0) is 7.05 Å². The number of aryl methyl sites for hydroxylation is 1. The fraction of sp³-hybridized carbons (Fsp3) is 0.333. The van der Waals surface area contributed by atoms with Gasteiger partial charge in [-0.05, 0) is 22.0 Å². The molecular formula is C15H11BrClF3N4. The lowest BCUT2D eigenvalue weighted by Crippen LogP contribution is -2.25. The fourth-order valence-corrected chi connectivity index (χ4v) is 3.55. The van der Waals surface area contributed by atoms with Crippen LogP contribution in [0, 0.1) is 12.4 Å². The molecule has 0 N–H and O–H groups in total. The van der Waals surface area contributed by atoms with Crippen molar-refractivity contribution in [3.8, 4) is 11.3 Å². The van der Waals surface area contributed by atoms with E-state index in [-0.39, 0.29) is 34.9 Å². The SMILES string of the molecule is [C-]#[N+]c1c(N2CCC(F)(F)C2)cc(Cl)c(F)c1-c1c(Br)cnn1C. The maximum absolute atomic E-state index is 14.7. The van der Waals surface area contributed by atoms with Crippen LogP contribution in [-0.4, -0.2) is 28.8 Å². The Bertz CT molecular complexity index is 840. The molecule has 1 aromatic heterocycles. The van der Waals surface area contributed by atoms with E-state index in [1.807, 2.05) is 0 Å². The second kappa shape index (κ2) is 5.97. The van der Waals surface area contributed by atoms with Crippen LogP contribution < -0.4 is 4.90 Å². The van der Waals surface area contributed by atoms with E-state index < -0.39 is 18.3 Å². The minimum atomic E-state index is -2.84. The molecular weight excluding hydrogens is 409 g/mol. The topological polar surface area (TPSA) is 25.4 Å². The molecule has 0 radical (unpaired) electrons. The van der Waals surface area contributed by atoms with Crippen molar-refractivity contribution in [2.75, 3.05) is 18.0 Å². The Morgan fingerprint density at radius 2 is 2.17 bits per heavy atom. The van der Waals surface area contributed by atoms with Gasteiger partial charge in [-0.15, -0.1) is 0 Å². The van der Waals surface area contributed by atoms with Gasteiger partial charge in [-0.2, -0.15) is 5.10 Å². The van der Waals surface area contributed by atoms with Crippen LogP contribution in [0.5, 0.6) is 0 Å². The van der Waals surface area contributed by atoms with Gasteiger partial charge in [0.1, 0.15) is 5.82 Å². The van der Waals surface area contributed by atoms with Crippen LogP contribution in [0.4, 0.5) is 24.5 Å². The number of anilines is 1. The highest BCUT2D eigenvalue weighted by atomic mass is 79.9. The Morgan fingerprint density at radius 1 is 1.46 bits per heavy atom. The minimum Gasteiger partial charge on any atom is -0.374 e. The molecule has 0 unspecified atom stereocenters. The molecule has 0 atom stereocenters. The first-order valence-electron chi connectivity index (χ1n) is 6.95. The van der Waals surface area contributed by atoms with Gasteiger partial charge < -0.3 is 4.90 Å². The first-order chi connectivity index (χ1) is 11.2. The van der Waals surface area contributed by atoms with E-state index in [0.29, 0.717) is 10.2 Å². The zero-order valence-electron chi connectivity index (χ0n) is 12.5. The van der Waals surface area contributed by atoms with Crippen LogP contribution in [0.25, 0.3) is 16.1 Å². The van der Waals surface area contributed by atoms with Crippen LogP contribution in [0.2, 0.25) is 5.02 Å². The van der Waals surface area contributed by atoms with Gasteiger partial charge in [-0.25, -0.2) is 18.0 Å². The predicted octanol–water partition coefficient (Wildman–Crippen LogP) is 5.04. The zero-order chi connectivity index (χ0) is 17.6. The zero-order valence-corrected chi connectivity index (χ0v) is 14.8. The molecule has 126 valence electrons. The molecule has 0 saturated carbocycles. The largest absolute Gasteiger partial charge is 0.374 e. The summed E-state index contributed by atoms with van der Waals surface area (Å²) in [5.74, 6) is -3.62. The lowest BCUT2D eigenvalue weighted by atomic mass is 10.1. The molecule has 1 fully saturated rings. The first-order valence-corrected chi connectivity index (χ1v) is 8.12. The number of hydrogen-bond acceptors (Lipinski definition) is 2. The fourth-order valence-electron chi connectivity index (χ4n) is 2.81.